The van der Waals surface area contributed by atoms with E-state index in [2.05, 4.69) is 15.5 Å². The molecular weight excluding hydrogens is 310 g/mol. The Labute approximate surface area is 131 Å². The maximum atomic E-state index is 11.4. The first-order chi connectivity index (χ1) is 10.6. The van der Waals surface area contributed by atoms with Crippen molar-refractivity contribution in [2.45, 2.75) is 20.0 Å². The number of hydrogen-bond acceptors (Lipinski definition) is 6. The molecule has 0 unspecified atom stereocenters. The van der Waals surface area contributed by atoms with Gasteiger partial charge in [-0.25, -0.2) is 0 Å². The Morgan fingerprint density at radius 3 is 2.82 bits per heavy atom. The molecule has 1 amide bonds. The van der Waals surface area contributed by atoms with Crippen molar-refractivity contribution in [3.05, 3.63) is 35.2 Å². The molecule has 0 atom stereocenters. The van der Waals surface area contributed by atoms with Crippen LogP contribution < -0.4 is 5.32 Å². The topological polar surface area (TPSA) is 94.3 Å². The molecule has 116 valence electrons. The van der Waals surface area contributed by atoms with Gasteiger partial charge in [0.15, 0.2) is 6.61 Å². The van der Waals surface area contributed by atoms with Crippen molar-refractivity contribution in [1.82, 2.24) is 15.5 Å². The maximum absolute atomic E-state index is 11.4. The summed E-state index contributed by atoms with van der Waals surface area (Å²) in [6, 6.07) is 7.05. The quantitative estimate of drug-likeness (QED) is 0.817. The van der Waals surface area contributed by atoms with Gasteiger partial charge in [-0.2, -0.15) is 0 Å². The lowest BCUT2D eigenvalue weighted by Crippen LogP contribution is -2.23. The Balaban J connectivity index is 1.86. The SMILES string of the molecule is CC(=O)NCCC(=O)OCc1nnc(-c2ccccc2Cl)o1. The zero-order valence-corrected chi connectivity index (χ0v) is 12.6. The summed E-state index contributed by atoms with van der Waals surface area (Å²) >= 11 is 6.03. The first-order valence-corrected chi connectivity index (χ1v) is 6.91. The van der Waals surface area contributed by atoms with Crippen LogP contribution >= 0.6 is 11.6 Å². The highest BCUT2D eigenvalue weighted by Gasteiger charge is 2.13. The first kappa shape index (κ1) is 16.0. The van der Waals surface area contributed by atoms with E-state index < -0.39 is 5.97 Å². The number of amides is 1. The van der Waals surface area contributed by atoms with Crippen LogP contribution in [0.2, 0.25) is 5.02 Å². The smallest absolute Gasteiger partial charge is 0.308 e. The molecule has 0 aliphatic heterocycles. The Kier molecular flexibility index (Phi) is 5.48. The third kappa shape index (κ3) is 4.56. The summed E-state index contributed by atoms with van der Waals surface area (Å²) in [5.74, 6) is -0.238. The standard InChI is InChI=1S/C14H14ClN3O4/c1-9(19)16-7-6-13(20)21-8-12-17-18-14(22-12)10-4-2-3-5-11(10)15/h2-5H,6-8H2,1H3,(H,16,19). The number of esters is 1. The molecule has 0 bridgehead atoms. The molecule has 8 heteroatoms. The van der Waals surface area contributed by atoms with Gasteiger partial charge >= 0.3 is 5.97 Å². The normalized spacial score (nSPS) is 10.3. The molecule has 1 heterocycles. The first-order valence-electron chi connectivity index (χ1n) is 6.53. The van der Waals surface area contributed by atoms with E-state index in [0.29, 0.717) is 10.6 Å². The Hall–Kier alpha value is -2.41. The van der Waals surface area contributed by atoms with Crippen molar-refractivity contribution in [2.24, 2.45) is 0 Å². The van der Waals surface area contributed by atoms with Crippen LogP contribution in [-0.4, -0.2) is 28.6 Å². The summed E-state index contributed by atoms with van der Waals surface area (Å²) in [5, 5.41) is 10.6. The molecule has 0 spiro atoms. The van der Waals surface area contributed by atoms with Gasteiger partial charge in [-0.3, -0.25) is 9.59 Å². The van der Waals surface area contributed by atoms with Crippen LogP contribution in [0.4, 0.5) is 0 Å². The predicted octanol–water partition coefficient (Wildman–Crippen LogP) is 1.96. The Bertz CT molecular complexity index is 672. The van der Waals surface area contributed by atoms with Gasteiger partial charge < -0.3 is 14.5 Å². The predicted molar refractivity (Wildman–Crippen MR) is 77.8 cm³/mol. The van der Waals surface area contributed by atoms with Gasteiger partial charge in [-0.05, 0) is 12.1 Å². The summed E-state index contributed by atoms with van der Waals surface area (Å²) in [6.07, 6.45) is 0.0745. The second kappa shape index (κ2) is 7.56. The molecule has 7 nitrogen and oxygen atoms in total. The number of nitrogens with one attached hydrogen (secondary N) is 1. The van der Waals surface area contributed by atoms with Gasteiger partial charge in [0.25, 0.3) is 5.89 Å². The van der Waals surface area contributed by atoms with Crippen molar-refractivity contribution in [3.63, 3.8) is 0 Å². The van der Waals surface area contributed by atoms with E-state index >= 15 is 0 Å². The Morgan fingerprint density at radius 1 is 1.32 bits per heavy atom. The molecule has 1 N–H and O–H groups in total. The van der Waals surface area contributed by atoms with E-state index in [-0.39, 0.29) is 37.3 Å². The van der Waals surface area contributed by atoms with Crippen molar-refractivity contribution in [1.29, 1.82) is 0 Å². The van der Waals surface area contributed by atoms with Crippen LogP contribution in [0.15, 0.2) is 28.7 Å². The lowest BCUT2D eigenvalue weighted by molar-refractivity contribution is -0.145. The number of carbonyl (C=O) groups is 2. The third-order valence-electron chi connectivity index (χ3n) is 2.63. The molecule has 2 rings (SSSR count). The van der Waals surface area contributed by atoms with E-state index in [0.717, 1.165) is 0 Å². The van der Waals surface area contributed by atoms with Gasteiger partial charge in [0.2, 0.25) is 11.8 Å². The lowest BCUT2D eigenvalue weighted by atomic mass is 10.2. The largest absolute Gasteiger partial charge is 0.456 e. The average molecular weight is 324 g/mol. The van der Waals surface area contributed by atoms with Gasteiger partial charge in [0.1, 0.15) is 0 Å². The van der Waals surface area contributed by atoms with Crippen LogP contribution in [0.3, 0.4) is 0 Å². The van der Waals surface area contributed by atoms with Crippen molar-refractivity contribution in [2.75, 3.05) is 6.54 Å². The number of rotatable bonds is 6. The van der Waals surface area contributed by atoms with Gasteiger partial charge in [-0.15, -0.1) is 10.2 Å². The fraction of sp³-hybridized carbons (Fsp3) is 0.286. The molecule has 0 fully saturated rings. The molecule has 2 aromatic rings. The van der Waals surface area contributed by atoms with E-state index in [1.54, 1.807) is 24.3 Å². The number of carbonyl (C=O) groups excluding carboxylic acids is 2. The minimum Gasteiger partial charge on any atom is -0.456 e. The highest BCUT2D eigenvalue weighted by molar-refractivity contribution is 6.33. The van der Waals surface area contributed by atoms with Crippen LogP contribution in [0.1, 0.15) is 19.2 Å². The second-order valence-electron chi connectivity index (χ2n) is 4.37. The molecule has 1 aromatic heterocycles. The Morgan fingerprint density at radius 2 is 2.09 bits per heavy atom. The zero-order valence-electron chi connectivity index (χ0n) is 11.8. The summed E-state index contributed by atoms with van der Waals surface area (Å²) in [7, 11) is 0. The van der Waals surface area contributed by atoms with Crippen molar-refractivity contribution < 1.29 is 18.7 Å². The number of ether oxygens (including phenoxy) is 1. The summed E-state index contributed by atoms with van der Waals surface area (Å²) in [5.41, 5.74) is 0.611. The second-order valence-corrected chi connectivity index (χ2v) is 4.78. The highest BCUT2D eigenvalue weighted by atomic mass is 35.5. The average Bonchev–Trinajstić information content (AvgIpc) is 2.94. The molecule has 0 aliphatic carbocycles. The van der Waals surface area contributed by atoms with Crippen LogP contribution in [0.5, 0.6) is 0 Å². The van der Waals surface area contributed by atoms with Gasteiger partial charge in [-0.1, -0.05) is 23.7 Å². The molecule has 0 saturated carbocycles. The van der Waals surface area contributed by atoms with Crippen LogP contribution in [-0.2, 0) is 20.9 Å². The number of aromatic nitrogens is 2. The number of benzene rings is 1. The van der Waals surface area contributed by atoms with E-state index in [9.17, 15) is 9.59 Å². The lowest BCUT2D eigenvalue weighted by Gasteiger charge is -2.02. The molecule has 1 aromatic carbocycles. The number of halogens is 1. The van der Waals surface area contributed by atoms with E-state index in [4.69, 9.17) is 20.8 Å². The zero-order chi connectivity index (χ0) is 15.9. The minimum atomic E-state index is -0.466. The summed E-state index contributed by atoms with van der Waals surface area (Å²) in [6.45, 7) is 1.47. The number of hydrogen-bond donors (Lipinski definition) is 1. The molecular formula is C14H14ClN3O4. The molecule has 0 aliphatic rings. The molecule has 0 radical (unpaired) electrons. The summed E-state index contributed by atoms with van der Waals surface area (Å²) < 4.78 is 10.4. The fourth-order valence-electron chi connectivity index (χ4n) is 1.61. The van der Waals surface area contributed by atoms with Crippen LogP contribution in [0.25, 0.3) is 11.5 Å². The van der Waals surface area contributed by atoms with Crippen molar-refractivity contribution in [3.8, 4) is 11.5 Å². The fourth-order valence-corrected chi connectivity index (χ4v) is 1.83. The third-order valence-corrected chi connectivity index (χ3v) is 2.96. The van der Waals surface area contributed by atoms with E-state index in [1.807, 2.05) is 0 Å². The molecule has 22 heavy (non-hydrogen) atoms. The van der Waals surface area contributed by atoms with E-state index in [1.165, 1.54) is 6.92 Å². The molecule has 0 saturated heterocycles. The highest BCUT2D eigenvalue weighted by Crippen LogP contribution is 2.26. The van der Waals surface area contributed by atoms with Gasteiger partial charge in [0.05, 0.1) is 17.0 Å². The van der Waals surface area contributed by atoms with Crippen molar-refractivity contribution >= 4 is 23.5 Å². The summed E-state index contributed by atoms with van der Waals surface area (Å²) in [4.78, 5) is 22.1. The monoisotopic (exact) mass is 323 g/mol. The van der Waals surface area contributed by atoms with Gasteiger partial charge in [0, 0.05) is 13.5 Å². The number of nitrogens with zero attached hydrogens (tertiary/aromatic N) is 2. The maximum Gasteiger partial charge on any atom is 0.308 e. The minimum absolute atomic E-state index is 0.0745. The van der Waals surface area contributed by atoms with Crippen LogP contribution in [0, 0.1) is 0 Å².